The summed E-state index contributed by atoms with van der Waals surface area (Å²) in [6.07, 6.45) is 3.16. The standard InChI is InChI=1S/C20H15FN4O3/c21-16-7-2-1-6-15(16)17-11-22-19(28-17)9-8-18(26)24-14-5-3-4-13(10-14)20-25-23-12-27-20/h1-7,10-12H,8-9H2,(H,24,26). The molecule has 7 nitrogen and oxygen atoms in total. The third-order valence-electron chi connectivity index (χ3n) is 4.01. The van der Waals surface area contributed by atoms with Gasteiger partial charge in [0, 0.05) is 24.1 Å². The summed E-state index contributed by atoms with van der Waals surface area (Å²) in [6.45, 7) is 0. The summed E-state index contributed by atoms with van der Waals surface area (Å²) in [6, 6.07) is 13.4. The summed E-state index contributed by atoms with van der Waals surface area (Å²) < 4.78 is 24.5. The van der Waals surface area contributed by atoms with Crippen LogP contribution < -0.4 is 5.32 Å². The Hall–Kier alpha value is -3.81. The number of benzene rings is 2. The first kappa shape index (κ1) is 17.6. The van der Waals surface area contributed by atoms with Gasteiger partial charge < -0.3 is 14.2 Å². The van der Waals surface area contributed by atoms with Gasteiger partial charge >= 0.3 is 0 Å². The van der Waals surface area contributed by atoms with E-state index in [1.165, 1.54) is 18.7 Å². The highest BCUT2D eigenvalue weighted by atomic mass is 19.1. The Morgan fingerprint density at radius 1 is 1.14 bits per heavy atom. The molecule has 0 saturated carbocycles. The minimum Gasteiger partial charge on any atom is -0.441 e. The fourth-order valence-electron chi connectivity index (χ4n) is 2.68. The lowest BCUT2D eigenvalue weighted by Crippen LogP contribution is -2.12. The molecule has 4 aromatic rings. The summed E-state index contributed by atoms with van der Waals surface area (Å²) >= 11 is 0. The van der Waals surface area contributed by atoms with Crippen molar-refractivity contribution in [2.75, 3.05) is 5.32 Å². The van der Waals surface area contributed by atoms with Crippen molar-refractivity contribution in [2.24, 2.45) is 0 Å². The van der Waals surface area contributed by atoms with Crippen LogP contribution in [0.2, 0.25) is 0 Å². The maximum Gasteiger partial charge on any atom is 0.247 e. The van der Waals surface area contributed by atoms with Crippen molar-refractivity contribution in [1.29, 1.82) is 0 Å². The number of amides is 1. The number of oxazole rings is 1. The van der Waals surface area contributed by atoms with E-state index in [0.717, 1.165) is 0 Å². The quantitative estimate of drug-likeness (QED) is 0.543. The topological polar surface area (TPSA) is 94.1 Å². The molecule has 0 unspecified atom stereocenters. The molecule has 0 atom stereocenters. The molecule has 0 aliphatic carbocycles. The molecule has 0 saturated heterocycles. The van der Waals surface area contributed by atoms with Gasteiger partial charge in [0.15, 0.2) is 11.7 Å². The lowest BCUT2D eigenvalue weighted by molar-refractivity contribution is -0.116. The van der Waals surface area contributed by atoms with Gasteiger partial charge in [-0.15, -0.1) is 10.2 Å². The van der Waals surface area contributed by atoms with E-state index in [9.17, 15) is 9.18 Å². The second-order valence-corrected chi connectivity index (χ2v) is 5.97. The van der Waals surface area contributed by atoms with Crippen LogP contribution in [-0.4, -0.2) is 21.1 Å². The molecule has 140 valence electrons. The molecule has 8 heteroatoms. The number of hydrogen-bond acceptors (Lipinski definition) is 6. The fourth-order valence-corrected chi connectivity index (χ4v) is 2.68. The lowest BCUT2D eigenvalue weighted by Gasteiger charge is -2.05. The molecule has 2 aromatic heterocycles. The van der Waals surface area contributed by atoms with E-state index >= 15 is 0 Å². The molecule has 2 heterocycles. The Morgan fingerprint density at radius 3 is 2.86 bits per heavy atom. The first-order valence-corrected chi connectivity index (χ1v) is 8.55. The minimum atomic E-state index is -0.385. The van der Waals surface area contributed by atoms with Crippen LogP contribution in [0, 0.1) is 5.82 Å². The smallest absolute Gasteiger partial charge is 0.247 e. The molecule has 0 aliphatic rings. The maximum absolute atomic E-state index is 13.8. The Balaban J connectivity index is 1.37. The molecule has 2 aromatic carbocycles. The number of rotatable bonds is 6. The number of nitrogens with one attached hydrogen (secondary N) is 1. The first-order valence-electron chi connectivity index (χ1n) is 8.55. The minimum absolute atomic E-state index is 0.169. The molecular formula is C20H15FN4O3. The number of carbonyl (C=O) groups excluding carboxylic acids is 1. The lowest BCUT2D eigenvalue weighted by atomic mass is 10.2. The third-order valence-corrected chi connectivity index (χ3v) is 4.01. The van der Waals surface area contributed by atoms with Crippen molar-refractivity contribution >= 4 is 11.6 Å². The van der Waals surface area contributed by atoms with E-state index in [2.05, 4.69) is 20.5 Å². The Bertz CT molecular complexity index is 1090. The SMILES string of the molecule is O=C(CCc1ncc(-c2ccccc2F)o1)Nc1cccc(-c2nnco2)c1. The van der Waals surface area contributed by atoms with Crippen LogP contribution >= 0.6 is 0 Å². The predicted molar refractivity (Wildman–Crippen MR) is 98.6 cm³/mol. The summed E-state index contributed by atoms with van der Waals surface area (Å²) in [7, 11) is 0. The van der Waals surface area contributed by atoms with Gasteiger partial charge in [-0.1, -0.05) is 18.2 Å². The molecule has 0 fully saturated rings. The monoisotopic (exact) mass is 378 g/mol. The molecule has 0 aliphatic heterocycles. The molecule has 1 amide bonds. The number of hydrogen-bond donors (Lipinski definition) is 1. The number of aromatic nitrogens is 3. The van der Waals surface area contributed by atoms with Crippen molar-refractivity contribution in [3.63, 3.8) is 0 Å². The molecule has 1 N–H and O–H groups in total. The highest BCUT2D eigenvalue weighted by molar-refractivity contribution is 5.91. The van der Waals surface area contributed by atoms with Gasteiger partial charge in [0.2, 0.25) is 18.2 Å². The largest absolute Gasteiger partial charge is 0.441 e. The van der Waals surface area contributed by atoms with E-state index < -0.39 is 0 Å². The number of anilines is 1. The third kappa shape index (κ3) is 3.96. The fraction of sp³-hybridized carbons (Fsp3) is 0.100. The average molecular weight is 378 g/mol. The van der Waals surface area contributed by atoms with Gasteiger partial charge in [0.25, 0.3) is 0 Å². The van der Waals surface area contributed by atoms with Crippen LogP contribution in [0.1, 0.15) is 12.3 Å². The first-order chi connectivity index (χ1) is 13.7. The number of halogens is 1. The van der Waals surface area contributed by atoms with E-state index in [-0.39, 0.29) is 18.1 Å². The highest BCUT2D eigenvalue weighted by Gasteiger charge is 2.12. The zero-order valence-corrected chi connectivity index (χ0v) is 14.6. The predicted octanol–water partition coefficient (Wildman–Crippen LogP) is 4.10. The molecule has 0 bridgehead atoms. The van der Waals surface area contributed by atoms with Crippen molar-refractivity contribution in [2.45, 2.75) is 12.8 Å². The van der Waals surface area contributed by atoms with Gasteiger partial charge in [-0.05, 0) is 30.3 Å². The van der Waals surface area contributed by atoms with Crippen molar-refractivity contribution in [3.05, 3.63) is 72.8 Å². The van der Waals surface area contributed by atoms with Gasteiger partial charge in [0.05, 0.1) is 11.8 Å². The zero-order chi connectivity index (χ0) is 19.3. The summed E-state index contributed by atoms with van der Waals surface area (Å²) in [4.78, 5) is 16.3. The average Bonchev–Trinajstić information content (AvgIpc) is 3.39. The van der Waals surface area contributed by atoms with Crippen LogP contribution in [0.3, 0.4) is 0 Å². The Kier molecular flexibility index (Phi) is 4.92. The van der Waals surface area contributed by atoms with E-state index in [1.54, 1.807) is 42.5 Å². The number of aryl methyl sites for hydroxylation is 1. The van der Waals surface area contributed by atoms with Crippen LogP contribution in [-0.2, 0) is 11.2 Å². The van der Waals surface area contributed by atoms with Crippen LogP contribution in [0.5, 0.6) is 0 Å². The summed E-state index contributed by atoms with van der Waals surface area (Å²) in [5.41, 5.74) is 1.65. The Labute approximate surface area is 159 Å². The molecule has 28 heavy (non-hydrogen) atoms. The normalized spacial score (nSPS) is 10.8. The molecule has 0 radical (unpaired) electrons. The van der Waals surface area contributed by atoms with Gasteiger partial charge in [-0.3, -0.25) is 4.79 Å². The number of carbonyl (C=O) groups is 1. The van der Waals surface area contributed by atoms with Crippen molar-refractivity contribution < 1.29 is 18.0 Å². The van der Waals surface area contributed by atoms with E-state index in [1.807, 2.05) is 0 Å². The van der Waals surface area contributed by atoms with E-state index in [4.69, 9.17) is 8.83 Å². The van der Waals surface area contributed by atoms with Crippen LogP contribution in [0.15, 0.2) is 70.0 Å². The van der Waals surface area contributed by atoms with Crippen LogP contribution in [0.4, 0.5) is 10.1 Å². The second kappa shape index (κ2) is 7.83. The van der Waals surface area contributed by atoms with Gasteiger partial charge in [0.1, 0.15) is 5.82 Å². The Morgan fingerprint density at radius 2 is 2.04 bits per heavy atom. The maximum atomic E-state index is 13.8. The molecule has 0 spiro atoms. The van der Waals surface area contributed by atoms with Gasteiger partial charge in [-0.25, -0.2) is 9.37 Å². The second-order valence-electron chi connectivity index (χ2n) is 5.97. The zero-order valence-electron chi connectivity index (χ0n) is 14.6. The van der Waals surface area contributed by atoms with Crippen LogP contribution in [0.25, 0.3) is 22.8 Å². The van der Waals surface area contributed by atoms with Crippen molar-refractivity contribution in [1.82, 2.24) is 15.2 Å². The number of nitrogens with zero attached hydrogens (tertiary/aromatic N) is 3. The summed E-state index contributed by atoms with van der Waals surface area (Å²) in [5, 5.41) is 10.3. The molecule has 4 rings (SSSR count). The molecular weight excluding hydrogens is 363 g/mol. The van der Waals surface area contributed by atoms with E-state index in [0.29, 0.717) is 40.8 Å². The van der Waals surface area contributed by atoms with Crippen molar-refractivity contribution in [3.8, 4) is 22.8 Å². The van der Waals surface area contributed by atoms with Gasteiger partial charge in [-0.2, -0.15) is 0 Å². The highest BCUT2D eigenvalue weighted by Crippen LogP contribution is 2.24. The summed E-state index contributed by atoms with van der Waals surface area (Å²) in [5.74, 6) is 0.489.